The van der Waals surface area contributed by atoms with Gasteiger partial charge in [-0.05, 0) is 35.0 Å². The molecule has 0 spiro atoms. The molecular weight excluding hydrogens is 368 g/mol. The minimum Gasteiger partial charge on any atom is -0.495 e. The standard InChI is InChI=1S/C11H12Br2N2O3/c1-3-18-11(16)15-14-6-7-4-8(12)5-9(13)10(7)17-2/h4-6H,3H2,1-2H3,(H,15,16)/b14-6-. The minimum atomic E-state index is -0.596. The number of nitrogens with zero attached hydrogens (tertiary/aromatic N) is 1. The summed E-state index contributed by atoms with van der Waals surface area (Å²) in [5, 5.41) is 3.78. The topological polar surface area (TPSA) is 59.9 Å². The third-order valence-electron chi connectivity index (χ3n) is 1.88. The van der Waals surface area contributed by atoms with Gasteiger partial charge >= 0.3 is 6.09 Å². The van der Waals surface area contributed by atoms with Crippen molar-refractivity contribution in [3.8, 4) is 5.75 Å². The van der Waals surface area contributed by atoms with Crippen LogP contribution in [-0.2, 0) is 4.74 Å². The van der Waals surface area contributed by atoms with Crippen LogP contribution >= 0.6 is 31.9 Å². The second-order valence-corrected chi connectivity index (χ2v) is 4.87. The van der Waals surface area contributed by atoms with Crippen LogP contribution in [-0.4, -0.2) is 26.0 Å². The molecule has 0 aromatic heterocycles. The first-order chi connectivity index (χ1) is 8.58. The number of amides is 1. The molecule has 0 aliphatic carbocycles. The number of carbonyl (C=O) groups excluding carboxylic acids is 1. The van der Waals surface area contributed by atoms with Gasteiger partial charge in [-0.1, -0.05) is 15.9 Å². The number of hydrogen-bond donors (Lipinski definition) is 1. The summed E-state index contributed by atoms with van der Waals surface area (Å²) in [7, 11) is 1.56. The maximum absolute atomic E-state index is 11.0. The molecule has 0 unspecified atom stereocenters. The second-order valence-electron chi connectivity index (χ2n) is 3.10. The van der Waals surface area contributed by atoms with Crippen molar-refractivity contribution in [2.24, 2.45) is 5.10 Å². The lowest BCUT2D eigenvalue weighted by atomic mass is 10.2. The lowest BCUT2D eigenvalue weighted by Gasteiger charge is -2.07. The zero-order valence-electron chi connectivity index (χ0n) is 9.87. The summed E-state index contributed by atoms with van der Waals surface area (Å²) in [5.41, 5.74) is 2.96. The number of rotatable bonds is 4. The fourth-order valence-corrected chi connectivity index (χ4v) is 2.63. The molecular formula is C11H12Br2N2O3. The number of halogens is 2. The summed E-state index contributed by atoms with van der Waals surface area (Å²) in [6, 6.07) is 3.68. The van der Waals surface area contributed by atoms with Gasteiger partial charge in [-0.25, -0.2) is 10.2 Å². The largest absolute Gasteiger partial charge is 0.495 e. The van der Waals surface area contributed by atoms with Crippen molar-refractivity contribution in [2.75, 3.05) is 13.7 Å². The van der Waals surface area contributed by atoms with E-state index < -0.39 is 6.09 Å². The molecule has 1 aromatic carbocycles. The lowest BCUT2D eigenvalue weighted by Crippen LogP contribution is -2.18. The zero-order chi connectivity index (χ0) is 13.5. The molecule has 0 heterocycles. The molecule has 7 heteroatoms. The van der Waals surface area contributed by atoms with Crippen LogP contribution in [0.3, 0.4) is 0 Å². The van der Waals surface area contributed by atoms with Gasteiger partial charge in [0, 0.05) is 10.0 Å². The Morgan fingerprint density at radius 2 is 2.22 bits per heavy atom. The monoisotopic (exact) mass is 378 g/mol. The van der Waals surface area contributed by atoms with Crippen LogP contribution in [0.1, 0.15) is 12.5 Å². The maximum atomic E-state index is 11.0. The Morgan fingerprint density at radius 1 is 1.50 bits per heavy atom. The smallest absolute Gasteiger partial charge is 0.427 e. The number of nitrogens with one attached hydrogen (secondary N) is 1. The Kier molecular flexibility index (Phi) is 6.14. The maximum Gasteiger partial charge on any atom is 0.427 e. The van der Waals surface area contributed by atoms with E-state index in [1.807, 2.05) is 12.1 Å². The molecule has 0 radical (unpaired) electrons. The van der Waals surface area contributed by atoms with Gasteiger partial charge in [0.25, 0.3) is 0 Å². The van der Waals surface area contributed by atoms with E-state index in [0.29, 0.717) is 12.4 Å². The molecule has 0 fully saturated rings. The number of ether oxygens (including phenoxy) is 2. The Morgan fingerprint density at radius 3 is 2.83 bits per heavy atom. The van der Waals surface area contributed by atoms with Gasteiger partial charge < -0.3 is 9.47 Å². The van der Waals surface area contributed by atoms with Gasteiger partial charge in [0.1, 0.15) is 5.75 Å². The van der Waals surface area contributed by atoms with E-state index in [1.165, 1.54) is 6.21 Å². The Bertz CT molecular complexity index is 464. The zero-order valence-corrected chi connectivity index (χ0v) is 13.0. The molecule has 1 aromatic rings. The fourth-order valence-electron chi connectivity index (χ4n) is 1.21. The van der Waals surface area contributed by atoms with Crippen molar-refractivity contribution < 1.29 is 14.3 Å². The highest BCUT2D eigenvalue weighted by atomic mass is 79.9. The van der Waals surface area contributed by atoms with E-state index in [-0.39, 0.29) is 0 Å². The van der Waals surface area contributed by atoms with Gasteiger partial charge in [0.2, 0.25) is 0 Å². The molecule has 0 aliphatic heterocycles. The first-order valence-electron chi connectivity index (χ1n) is 5.07. The molecule has 0 saturated heterocycles. The van der Waals surface area contributed by atoms with Gasteiger partial charge in [-0.2, -0.15) is 5.10 Å². The van der Waals surface area contributed by atoms with Crippen LogP contribution < -0.4 is 10.2 Å². The molecule has 0 aliphatic rings. The van der Waals surface area contributed by atoms with Crippen LogP contribution in [0, 0.1) is 0 Å². The Labute approximate surface area is 122 Å². The van der Waals surface area contributed by atoms with Gasteiger partial charge in [0.05, 0.1) is 24.4 Å². The van der Waals surface area contributed by atoms with Crippen LogP contribution in [0.5, 0.6) is 5.75 Å². The quantitative estimate of drug-likeness (QED) is 0.644. The molecule has 98 valence electrons. The number of benzene rings is 1. The highest BCUT2D eigenvalue weighted by Crippen LogP contribution is 2.31. The number of methoxy groups -OCH3 is 1. The van der Waals surface area contributed by atoms with Crippen molar-refractivity contribution in [2.45, 2.75) is 6.92 Å². The van der Waals surface area contributed by atoms with Crippen LogP contribution in [0.2, 0.25) is 0 Å². The predicted octanol–water partition coefficient (Wildman–Crippen LogP) is 3.30. The summed E-state index contributed by atoms with van der Waals surface area (Å²) < 4.78 is 11.6. The number of hydrazone groups is 1. The molecule has 0 atom stereocenters. The average molecular weight is 380 g/mol. The van der Waals surface area contributed by atoms with Gasteiger partial charge in [-0.15, -0.1) is 0 Å². The third kappa shape index (κ3) is 4.30. The lowest BCUT2D eigenvalue weighted by molar-refractivity contribution is 0.152. The Balaban J connectivity index is 2.83. The number of hydrogen-bond acceptors (Lipinski definition) is 4. The molecule has 18 heavy (non-hydrogen) atoms. The molecule has 5 nitrogen and oxygen atoms in total. The van der Waals surface area contributed by atoms with E-state index in [4.69, 9.17) is 4.74 Å². The fraction of sp³-hybridized carbons (Fsp3) is 0.273. The first-order valence-corrected chi connectivity index (χ1v) is 6.66. The van der Waals surface area contributed by atoms with E-state index >= 15 is 0 Å². The van der Waals surface area contributed by atoms with Gasteiger partial charge in [-0.3, -0.25) is 0 Å². The van der Waals surface area contributed by atoms with Crippen LogP contribution in [0.25, 0.3) is 0 Å². The number of carbonyl (C=O) groups is 1. The summed E-state index contributed by atoms with van der Waals surface area (Å²) >= 11 is 6.74. The summed E-state index contributed by atoms with van der Waals surface area (Å²) in [6.07, 6.45) is 0.882. The van der Waals surface area contributed by atoms with Crippen LogP contribution in [0.15, 0.2) is 26.2 Å². The predicted molar refractivity (Wildman–Crippen MR) is 76.1 cm³/mol. The van der Waals surface area contributed by atoms with Crippen molar-refractivity contribution in [3.05, 3.63) is 26.6 Å². The van der Waals surface area contributed by atoms with Crippen molar-refractivity contribution in [1.29, 1.82) is 0 Å². The highest BCUT2D eigenvalue weighted by molar-refractivity contribution is 9.11. The SMILES string of the molecule is CCOC(=O)N/N=C\c1cc(Br)cc(Br)c1OC. The van der Waals surface area contributed by atoms with E-state index in [9.17, 15) is 4.79 Å². The summed E-state index contributed by atoms with van der Waals surface area (Å²) in [4.78, 5) is 11.0. The first kappa shape index (κ1) is 15.0. The molecule has 1 amide bonds. The third-order valence-corrected chi connectivity index (χ3v) is 2.92. The van der Waals surface area contributed by atoms with Crippen LogP contribution in [0.4, 0.5) is 4.79 Å². The normalized spacial score (nSPS) is 10.4. The van der Waals surface area contributed by atoms with Crippen molar-refractivity contribution >= 4 is 44.2 Å². The summed E-state index contributed by atoms with van der Waals surface area (Å²) in [6.45, 7) is 2.02. The van der Waals surface area contributed by atoms with E-state index in [2.05, 4.69) is 47.1 Å². The highest BCUT2D eigenvalue weighted by Gasteiger charge is 2.07. The summed E-state index contributed by atoms with van der Waals surface area (Å²) in [5.74, 6) is 0.632. The molecule has 1 N–H and O–H groups in total. The van der Waals surface area contributed by atoms with Gasteiger partial charge in [0.15, 0.2) is 0 Å². The molecule has 1 rings (SSSR count). The van der Waals surface area contributed by atoms with Crippen molar-refractivity contribution in [3.63, 3.8) is 0 Å². The molecule has 0 saturated carbocycles. The second kappa shape index (κ2) is 7.38. The van der Waals surface area contributed by atoms with E-state index in [1.54, 1.807) is 14.0 Å². The van der Waals surface area contributed by atoms with Crippen molar-refractivity contribution in [1.82, 2.24) is 5.43 Å². The Hall–Kier alpha value is -1.08. The average Bonchev–Trinajstić information content (AvgIpc) is 2.28. The minimum absolute atomic E-state index is 0.299. The van der Waals surface area contributed by atoms with E-state index in [0.717, 1.165) is 14.5 Å². The molecule has 0 bridgehead atoms.